The van der Waals surface area contributed by atoms with E-state index in [0.717, 1.165) is 0 Å². The van der Waals surface area contributed by atoms with Gasteiger partial charge in [-0.2, -0.15) is 0 Å². The standard InChI is InChI=1S/C13H25N3O5/c1-13(2)9-16(6-10(8-17)21-13)7-11(18)15-12(19)14-4-5-20-3/h10,17H,4-9H2,1-3H3,(H2,14,15,18,19). The normalized spacial score (nSPS) is 21.8. The van der Waals surface area contributed by atoms with Crippen LogP contribution in [0.4, 0.5) is 4.79 Å². The highest BCUT2D eigenvalue weighted by Gasteiger charge is 2.33. The van der Waals surface area contributed by atoms with E-state index in [1.807, 2.05) is 18.7 Å². The van der Waals surface area contributed by atoms with Crippen LogP contribution in [-0.4, -0.2) is 80.2 Å². The zero-order chi connectivity index (χ0) is 15.9. The maximum absolute atomic E-state index is 11.8. The van der Waals surface area contributed by atoms with Gasteiger partial charge in [-0.15, -0.1) is 0 Å². The van der Waals surface area contributed by atoms with E-state index in [0.29, 0.717) is 26.2 Å². The SMILES string of the molecule is COCCNC(=O)NC(=O)CN1CC(CO)OC(C)(C)C1. The molecule has 1 fully saturated rings. The van der Waals surface area contributed by atoms with E-state index in [-0.39, 0.29) is 25.2 Å². The molecule has 0 bridgehead atoms. The average Bonchev–Trinajstić information content (AvgIpc) is 2.36. The summed E-state index contributed by atoms with van der Waals surface area (Å²) in [5.74, 6) is -0.390. The summed E-state index contributed by atoms with van der Waals surface area (Å²) in [7, 11) is 1.53. The molecule has 8 heteroatoms. The van der Waals surface area contributed by atoms with Gasteiger partial charge >= 0.3 is 6.03 Å². The number of rotatable bonds is 6. The van der Waals surface area contributed by atoms with Crippen molar-refractivity contribution in [2.75, 3.05) is 46.5 Å². The van der Waals surface area contributed by atoms with Crippen LogP contribution in [0.5, 0.6) is 0 Å². The number of methoxy groups -OCH3 is 1. The maximum atomic E-state index is 11.8. The van der Waals surface area contributed by atoms with E-state index in [1.165, 1.54) is 7.11 Å². The van der Waals surface area contributed by atoms with E-state index in [1.54, 1.807) is 0 Å². The van der Waals surface area contributed by atoms with Crippen LogP contribution in [0.15, 0.2) is 0 Å². The lowest BCUT2D eigenvalue weighted by Crippen LogP contribution is -2.56. The van der Waals surface area contributed by atoms with E-state index in [2.05, 4.69) is 10.6 Å². The molecule has 0 saturated carbocycles. The van der Waals surface area contributed by atoms with Crippen LogP contribution in [0.25, 0.3) is 0 Å². The Morgan fingerprint density at radius 1 is 1.48 bits per heavy atom. The number of aliphatic hydroxyl groups excluding tert-OH is 1. The molecule has 1 aliphatic rings. The van der Waals surface area contributed by atoms with Gasteiger partial charge in [-0.1, -0.05) is 0 Å². The molecule has 0 aromatic carbocycles. The first-order valence-corrected chi connectivity index (χ1v) is 6.94. The summed E-state index contributed by atoms with van der Waals surface area (Å²) in [4.78, 5) is 25.1. The molecule has 21 heavy (non-hydrogen) atoms. The number of nitrogens with one attached hydrogen (secondary N) is 2. The van der Waals surface area contributed by atoms with Gasteiger partial charge in [-0.25, -0.2) is 4.79 Å². The zero-order valence-corrected chi connectivity index (χ0v) is 12.8. The number of aliphatic hydroxyl groups is 1. The minimum Gasteiger partial charge on any atom is -0.394 e. The fourth-order valence-corrected chi connectivity index (χ4v) is 2.31. The molecule has 1 atom stereocenters. The van der Waals surface area contributed by atoms with Gasteiger partial charge in [0.25, 0.3) is 0 Å². The van der Waals surface area contributed by atoms with E-state index in [4.69, 9.17) is 9.47 Å². The molecule has 1 saturated heterocycles. The summed E-state index contributed by atoms with van der Waals surface area (Å²) in [5, 5.41) is 14.0. The Morgan fingerprint density at radius 3 is 2.81 bits per heavy atom. The second-order valence-corrected chi connectivity index (χ2v) is 5.65. The van der Waals surface area contributed by atoms with Crippen molar-refractivity contribution in [1.82, 2.24) is 15.5 Å². The van der Waals surface area contributed by atoms with Gasteiger partial charge in [-0.05, 0) is 13.8 Å². The molecule has 0 aromatic rings. The third-order valence-corrected chi connectivity index (χ3v) is 2.97. The van der Waals surface area contributed by atoms with Crippen LogP contribution < -0.4 is 10.6 Å². The predicted octanol–water partition coefficient (Wildman–Crippen LogP) is -1.07. The average molecular weight is 303 g/mol. The van der Waals surface area contributed by atoms with Crippen molar-refractivity contribution < 1.29 is 24.2 Å². The first-order valence-electron chi connectivity index (χ1n) is 6.94. The van der Waals surface area contributed by atoms with Crippen molar-refractivity contribution in [3.63, 3.8) is 0 Å². The van der Waals surface area contributed by atoms with Crippen LogP contribution >= 0.6 is 0 Å². The molecular formula is C13H25N3O5. The Kier molecular flexibility index (Phi) is 7.03. The molecule has 1 unspecified atom stereocenters. The van der Waals surface area contributed by atoms with Gasteiger partial charge in [0.05, 0.1) is 31.5 Å². The number of hydrogen-bond acceptors (Lipinski definition) is 6. The Hall–Kier alpha value is -1.22. The van der Waals surface area contributed by atoms with Gasteiger partial charge in [0.15, 0.2) is 0 Å². The first-order chi connectivity index (χ1) is 9.86. The third kappa shape index (κ3) is 6.85. The first kappa shape index (κ1) is 17.8. The minimum atomic E-state index is -0.539. The number of imide groups is 1. The lowest BCUT2D eigenvalue weighted by molar-refractivity contribution is -0.152. The Bertz CT molecular complexity index is 362. The maximum Gasteiger partial charge on any atom is 0.321 e. The van der Waals surface area contributed by atoms with Gasteiger partial charge in [-0.3, -0.25) is 15.0 Å². The number of amides is 3. The molecule has 8 nitrogen and oxygen atoms in total. The van der Waals surface area contributed by atoms with Crippen molar-refractivity contribution in [2.45, 2.75) is 25.6 Å². The fourth-order valence-electron chi connectivity index (χ4n) is 2.31. The van der Waals surface area contributed by atoms with Crippen molar-refractivity contribution in [1.29, 1.82) is 0 Å². The Morgan fingerprint density at radius 2 is 2.19 bits per heavy atom. The number of carbonyl (C=O) groups excluding carboxylic acids is 2. The molecule has 0 aliphatic carbocycles. The van der Waals surface area contributed by atoms with Crippen LogP contribution in [0, 0.1) is 0 Å². The molecule has 3 N–H and O–H groups in total. The third-order valence-electron chi connectivity index (χ3n) is 2.97. The van der Waals surface area contributed by atoms with Crippen molar-refractivity contribution in [3.05, 3.63) is 0 Å². The summed E-state index contributed by atoms with van der Waals surface area (Å²) < 4.78 is 10.5. The van der Waals surface area contributed by atoms with Gasteiger partial charge in [0.1, 0.15) is 0 Å². The second kappa shape index (κ2) is 8.28. The zero-order valence-electron chi connectivity index (χ0n) is 12.8. The number of carbonyl (C=O) groups is 2. The minimum absolute atomic E-state index is 0.0843. The number of urea groups is 1. The lowest BCUT2D eigenvalue weighted by atomic mass is 10.1. The number of nitrogens with zero attached hydrogens (tertiary/aromatic N) is 1. The molecule has 122 valence electrons. The van der Waals surface area contributed by atoms with Gasteiger partial charge in [0.2, 0.25) is 5.91 Å². The smallest absolute Gasteiger partial charge is 0.321 e. The van der Waals surface area contributed by atoms with E-state index in [9.17, 15) is 14.7 Å². The summed E-state index contributed by atoms with van der Waals surface area (Å²) in [5.41, 5.74) is -0.438. The summed E-state index contributed by atoms with van der Waals surface area (Å²) in [6, 6.07) is -0.539. The van der Waals surface area contributed by atoms with E-state index < -0.39 is 11.6 Å². The highest BCUT2D eigenvalue weighted by molar-refractivity contribution is 5.95. The molecular weight excluding hydrogens is 278 g/mol. The highest BCUT2D eigenvalue weighted by atomic mass is 16.5. The molecule has 0 spiro atoms. The van der Waals surface area contributed by atoms with Crippen LogP contribution in [-0.2, 0) is 14.3 Å². The summed E-state index contributed by atoms with van der Waals surface area (Å²) >= 11 is 0. The highest BCUT2D eigenvalue weighted by Crippen LogP contribution is 2.20. The topological polar surface area (TPSA) is 100 Å². The largest absolute Gasteiger partial charge is 0.394 e. The number of hydrogen-bond donors (Lipinski definition) is 3. The fraction of sp³-hybridized carbons (Fsp3) is 0.846. The van der Waals surface area contributed by atoms with Crippen molar-refractivity contribution in [3.8, 4) is 0 Å². The molecule has 1 rings (SSSR count). The van der Waals surface area contributed by atoms with Gasteiger partial charge < -0.3 is 19.9 Å². The number of ether oxygens (including phenoxy) is 2. The molecule has 0 aromatic heterocycles. The predicted molar refractivity (Wildman–Crippen MR) is 75.9 cm³/mol. The lowest BCUT2D eigenvalue weighted by Gasteiger charge is -2.41. The molecule has 1 aliphatic heterocycles. The summed E-state index contributed by atoms with van der Waals surface area (Å²) in [6.45, 7) is 5.53. The van der Waals surface area contributed by atoms with Crippen LogP contribution in [0.3, 0.4) is 0 Å². The van der Waals surface area contributed by atoms with E-state index >= 15 is 0 Å². The van der Waals surface area contributed by atoms with Crippen LogP contribution in [0.2, 0.25) is 0 Å². The quantitative estimate of drug-likeness (QED) is 0.540. The monoisotopic (exact) mass is 303 g/mol. The number of morpholine rings is 1. The molecule has 0 radical (unpaired) electrons. The second-order valence-electron chi connectivity index (χ2n) is 5.65. The Labute approximate surface area is 124 Å². The summed E-state index contributed by atoms with van der Waals surface area (Å²) in [6.07, 6.45) is -0.322. The van der Waals surface area contributed by atoms with Crippen molar-refractivity contribution >= 4 is 11.9 Å². The molecule has 3 amide bonds. The Balaban J connectivity index is 2.37. The van der Waals surface area contributed by atoms with Crippen molar-refractivity contribution in [2.24, 2.45) is 0 Å². The van der Waals surface area contributed by atoms with Gasteiger partial charge in [0, 0.05) is 26.7 Å². The molecule has 1 heterocycles. The van der Waals surface area contributed by atoms with Crippen LogP contribution in [0.1, 0.15) is 13.8 Å².